The minimum absolute atomic E-state index is 0.270. The van der Waals surface area contributed by atoms with E-state index >= 15 is 0 Å². The van der Waals surface area contributed by atoms with Crippen LogP contribution in [0.25, 0.3) is 0 Å². The number of rotatable bonds is 6. The second kappa shape index (κ2) is 9.12. The SMILES string of the molecule is Cc1ccc(Cl)cc1NC(=O)COC(=O)[C@@H](C)Oc1ccc(Cl)cc1Cl. The van der Waals surface area contributed by atoms with Crippen molar-refractivity contribution in [1.82, 2.24) is 0 Å². The van der Waals surface area contributed by atoms with Gasteiger partial charge in [0.2, 0.25) is 0 Å². The van der Waals surface area contributed by atoms with Crippen molar-refractivity contribution in [2.75, 3.05) is 11.9 Å². The Bertz CT molecular complexity index is 826. The zero-order valence-electron chi connectivity index (χ0n) is 14.0. The van der Waals surface area contributed by atoms with Gasteiger partial charge in [0.05, 0.1) is 5.02 Å². The summed E-state index contributed by atoms with van der Waals surface area (Å²) < 4.78 is 10.4. The van der Waals surface area contributed by atoms with Crippen molar-refractivity contribution in [2.24, 2.45) is 0 Å². The minimum Gasteiger partial charge on any atom is -0.477 e. The molecule has 8 heteroatoms. The Balaban J connectivity index is 1.87. The Kier molecular flexibility index (Phi) is 7.14. The number of carbonyl (C=O) groups is 2. The van der Waals surface area contributed by atoms with Crippen molar-refractivity contribution < 1.29 is 19.1 Å². The van der Waals surface area contributed by atoms with E-state index in [1.54, 1.807) is 30.3 Å². The number of aryl methyl sites for hydroxylation is 1. The molecule has 0 aromatic heterocycles. The van der Waals surface area contributed by atoms with Gasteiger partial charge >= 0.3 is 5.97 Å². The largest absolute Gasteiger partial charge is 0.477 e. The number of anilines is 1. The summed E-state index contributed by atoms with van der Waals surface area (Å²) >= 11 is 17.7. The van der Waals surface area contributed by atoms with Gasteiger partial charge in [-0.1, -0.05) is 40.9 Å². The summed E-state index contributed by atoms with van der Waals surface area (Å²) in [5.74, 6) is -0.894. The van der Waals surface area contributed by atoms with E-state index in [1.165, 1.54) is 13.0 Å². The lowest BCUT2D eigenvalue weighted by Crippen LogP contribution is -2.30. The normalized spacial score (nSPS) is 11.6. The van der Waals surface area contributed by atoms with Gasteiger partial charge in [0.15, 0.2) is 12.7 Å². The average Bonchev–Trinajstić information content (AvgIpc) is 2.58. The summed E-state index contributed by atoms with van der Waals surface area (Å²) in [5, 5.41) is 3.84. The number of ether oxygens (including phenoxy) is 2. The molecule has 2 aromatic rings. The van der Waals surface area contributed by atoms with Gasteiger partial charge < -0.3 is 14.8 Å². The molecule has 0 saturated carbocycles. The van der Waals surface area contributed by atoms with Gasteiger partial charge in [-0.3, -0.25) is 4.79 Å². The minimum atomic E-state index is -0.950. The number of benzene rings is 2. The maximum Gasteiger partial charge on any atom is 0.347 e. The van der Waals surface area contributed by atoms with Crippen LogP contribution in [-0.4, -0.2) is 24.6 Å². The molecule has 0 aliphatic rings. The molecule has 0 unspecified atom stereocenters. The Morgan fingerprint density at radius 3 is 2.42 bits per heavy atom. The molecule has 0 heterocycles. The van der Waals surface area contributed by atoms with Crippen LogP contribution in [0.5, 0.6) is 5.75 Å². The lowest BCUT2D eigenvalue weighted by atomic mass is 10.2. The van der Waals surface area contributed by atoms with Crippen molar-refractivity contribution in [1.29, 1.82) is 0 Å². The fraction of sp³-hybridized carbons (Fsp3) is 0.222. The van der Waals surface area contributed by atoms with Crippen LogP contribution in [0, 0.1) is 6.92 Å². The average molecular weight is 417 g/mol. The molecular weight excluding hydrogens is 401 g/mol. The van der Waals surface area contributed by atoms with E-state index in [2.05, 4.69) is 5.32 Å². The van der Waals surface area contributed by atoms with Crippen LogP contribution >= 0.6 is 34.8 Å². The fourth-order valence-electron chi connectivity index (χ4n) is 1.98. The van der Waals surface area contributed by atoms with Gasteiger partial charge in [0.25, 0.3) is 5.91 Å². The predicted octanol–water partition coefficient (Wildman–Crippen LogP) is 4.90. The molecule has 0 radical (unpaired) electrons. The molecule has 0 bridgehead atoms. The highest BCUT2D eigenvalue weighted by Gasteiger charge is 2.19. The summed E-state index contributed by atoms with van der Waals surface area (Å²) in [4.78, 5) is 23.9. The highest BCUT2D eigenvalue weighted by molar-refractivity contribution is 6.35. The maximum atomic E-state index is 12.0. The molecule has 26 heavy (non-hydrogen) atoms. The molecule has 2 rings (SSSR count). The fourth-order valence-corrected chi connectivity index (χ4v) is 2.60. The van der Waals surface area contributed by atoms with Gasteiger partial charge in [-0.05, 0) is 49.7 Å². The van der Waals surface area contributed by atoms with E-state index in [4.69, 9.17) is 44.3 Å². The second-order valence-electron chi connectivity index (χ2n) is 5.45. The second-order valence-corrected chi connectivity index (χ2v) is 6.73. The molecule has 138 valence electrons. The van der Waals surface area contributed by atoms with Crippen LogP contribution in [0.2, 0.25) is 15.1 Å². The topological polar surface area (TPSA) is 64.6 Å². The maximum absolute atomic E-state index is 12.0. The molecule has 0 fully saturated rings. The summed E-state index contributed by atoms with van der Waals surface area (Å²) in [6.07, 6.45) is -0.950. The molecule has 0 aliphatic heterocycles. The molecular formula is C18H16Cl3NO4. The van der Waals surface area contributed by atoms with Crippen LogP contribution in [0.3, 0.4) is 0 Å². The van der Waals surface area contributed by atoms with Gasteiger partial charge in [0.1, 0.15) is 5.75 Å². The van der Waals surface area contributed by atoms with E-state index in [-0.39, 0.29) is 5.02 Å². The quantitative estimate of drug-likeness (QED) is 0.680. The first-order valence-corrected chi connectivity index (χ1v) is 8.74. The summed E-state index contributed by atoms with van der Waals surface area (Å²) in [5.41, 5.74) is 1.39. The Labute approximate surface area is 166 Å². The first-order valence-electron chi connectivity index (χ1n) is 7.60. The molecule has 1 atom stereocenters. The first-order chi connectivity index (χ1) is 12.3. The number of carbonyl (C=O) groups excluding carboxylic acids is 2. The van der Waals surface area contributed by atoms with E-state index in [1.807, 2.05) is 6.92 Å². The Morgan fingerprint density at radius 2 is 1.73 bits per heavy atom. The number of hydrogen-bond acceptors (Lipinski definition) is 4. The lowest BCUT2D eigenvalue weighted by molar-refractivity contribution is -0.153. The Morgan fingerprint density at radius 1 is 1.08 bits per heavy atom. The van der Waals surface area contributed by atoms with Gasteiger partial charge in [0, 0.05) is 15.7 Å². The van der Waals surface area contributed by atoms with Crippen molar-refractivity contribution in [2.45, 2.75) is 20.0 Å². The molecule has 2 aromatic carbocycles. The van der Waals surface area contributed by atoms with Crippen LogP contribution in [0.4, 0.5) is 5.69 Å². The molecule has 1 N–H and O–H groups in total. The van der Waals surface area contributed by atoms with E-state index in [0.717, 1.165) is 5.56 Å². The van der Waals surface area contributed by atoms with Crippen molar-refractivity contribution in [3.05, 3.63) is 57.0 Å². The smallest absolute Gasteiger partial charge is 0.347 e. The van der Waals surface area contributed by atoms with Gasteiger partial charge in [-0.25, -0.2) is 4.79 Å². The number of hydrogen-bond donors (Lipinski definition) is 1. The molecule has 0 saturated heterocycles. The van der Waals surface area contributed by atoms with E-state index in [0.29, 0.717) is 21.5 Å². The number of nitrogens with one attached hydrogen (secondary N) is 1. The molecule has 0 spiro atoms. The van der Waals surface area contributed by atoms with E-state index in [9.17, 15) is 9.59 Å². The van der Waals surface area contributed by atoms with Crippen LogP contribution in [0.15, 0.2) is 36.4 Å². The number of amides is 1. The van der Waals surface area contributed by atoms with Gasteiger partial charge in [-0.2, -0.15) is 0 Å². The summed E-state index contributed by atoms with van der Waals surface area (Å²) in [6.45, 7) is 2.86. The molecule has 0 aliphatic carbocycles. The van der Waals surface area contributed by atoms with Crippen LogP contribution < -0.4 is 10.1 Å². The van der Waals surface area contributed by atoms with E-state index < -0.39 is 24.6 Å². The standard InChI is InChI=1S/C18H16Cl3NO4/c1-10-3-4-13(20)8-15(10)22-17(23)9-25-18(24)11(2)26-16-6-5-12(19)7-14(16)21/h3-8,11H,9H2,1-2H3,(H,22,23)/t11-/m1/s1. The number of halogens is 3. The monoisotopic (exact) mass is 415 g/mol. The van der Waals surface area contributed by atoms with Crippen molar-refractivity contribution in [3.63, 3.8) is 0 Å². The third-order valence-corrected chi connectivity index (χ3v) is 4.11. The lowest BCUT2D eigenvalue weighted by Gasteiger charge is -2.15. The predicted molar refractivity (Wildman–Crippen MR) is 102 cm³/mol. The molecule has 5 nitrogen and oxygen atoms in total. The van der Waals surface area contributed by atoms with Crippen molar-refractivity contribution >= 4 is 52.4 Å². The molecule has 1 amide bonds. The number of esters is 1. The van der Waals surface area contributed by atoms with Gasteiger partial charge in [-0.15, -0.1) is 0 Å². The summed E-state index contributed by atoms with van der Waals surface area (Å²) in [6, 6.07) is 9.73. The zero-order chi connectivity index (χ0) is 19.3. The van der Waals surface area contributed by atoms with Crippen LogP contribution in [-0.2, 0) is 14.3 Å². The third-order valence-electron chi connectivity index (χ3n) is 3.35. The highest BCUT2D eigenvalue weighted by Crippen LogP contribution is 2.28. The first kappa shape index (κ1) is 20.4. The van der Waals surface area contributed by atoms with Crippen LogP contribution in [0.1, 0.15) is 12.5 Å². The summed E-state index contributed by atoms with van der Waals surface area (Å²) in [7, 11) is 0. The third kappa shape index (κ3) is 5.80. The zero-order valence-corrected chi connectivity index (χ0v) is 16.3. The Hall–Kier alpha value is -1.95. The highest BCUT2D eigenvalue weighted by atomic mass is 35.5. The van der Waals surface area contributed by atoms with Crippen molar-refractivity contribution in [3.8, 4) is 5.75 Å².